The zero-order valence-electron chi connectivity index (χ0n) is 19.6. The zero-order chi connectivity index (χ0) is 25.2. The summed E-state index contributed by atoms with van der Waals surface area (Å²) in [7, 11) is 2.97. The van der Waals surface area contributed by atoms with E-state index in [9.17, 15) is 15.0 Å². The van der Waals surface area contributed by atoms with Crippen LogP contribution >= 0.6 is 0 Å². The van der Waals surface area contributed by atoms with E-state index in [4.69, 9.17) is 9.47 Å². The molecule has 4 heterocycles. The monoisotopic (exact) mass is 491 g/mol. The van der Waals surface area contributed by atoms with Gasteiger partial charge in [-0.05, 0) is 11.6 Å². The maximum atomic E-state index is 12.1. The molecule has 0 aliphatic carbocycles. The Morgan fingerprint density at radius 2 is 1.97 bits per heavy atom. The van der Waals surface area contributed by atoms with E-state index in [1.54, 1.807) is 25.6 Å². The Morgan fingerprint density at radius 1 is 1.17 bits per heavy atom. The molecule has 12 nitrogen and oxygen atoms in total. The van der Waals surface area contributed by atoms with E-state index < -0.39 is 30.4 Å². The molecule has 186 valence electrons. The maximum Gasteiger partial charge on any atom is 0.251 e. The molecule has 1 aromatic carbocycles. The van der Waals surface area contributed by atoms with Crippen molar-refractivity contribution in [2.45, 2.75) is 31.1 Å². The molecule has 1 aliphatic heterocycles. The minimum absolute atomic E-state index is 0.335. The van der Waals surface area contributed by atoms with Crippen LogP contribution in [0.1, 0.15) is 11.8 Å². The van der Waals surface area contributed by atoms with Crippen molar-refractivity contribution in [1.29, 1.82) is 0 Å². The number of nitrogens with zero attached hydrogens (tertiary/aromatic N) is 5. The number of ether oxygens (including phenoxy) is 2. The van der Waals surface area contributed by atoms with Crippen LogP contribution in [0.15, 0.2) is 55.1 Å². The highest BCUT2D eigenvalue weighted by Gasteiger charge is 2.47. The maximum absolute atomic E-state index is 12.1. The molecule has 4 atom stereocenters. The summed E-state index contributed by atoms with van der Waals surface area (Å²) >= 11 is 0. The van der Waals surface area contributed by atoms with Crippen LogP contribution in [-0.4, -0.2) is 73.1 Å². The summed E-state index contributed by atoms with van der Waals surface area (Å²) in [6.07, 6.45) is -0.531. The molecule has 4 aromatic rings. The number of fused-ring (bicyclic) bond motifs is 1. The highest BCUT2D eigenvalue weighted by atomic mass is 16.6. The first-order valence-corrected chi connectivity index (χ1v) is 11.2. The standard InChI is InChI=1S/C24H25N7O5/c1-25-23(34)19-17(32)18(33)24(36-19)31-12-28-16-21(27-9-13-6-4-3-5-7-13)29-20(30-22(16)31)14-8-15(35-2)11-26-10-14/h3-8,10-12,17-19,24,32-33H,9H2,1-2H3,(H,25,34)(H,27,29,30)/t17?,18?,19-,24?/m1/s1. The van der Waals surface area contributed by atoms with Crippen molar-refractivity contribution in [1.82, 2.24) is 29.8 Å². The largest absolute Gasteiger partial charge is 0.495 e. The number of carbonyl (C=O) groups excluding carboxylic acids is 1. The smallest absolute Gasteiger partial charge is 0.251 e. The van der Waals surface area contributed by atoms with Gasteiger partial charge >= 0.3 is 0 Å². The average molecular weight is 492 g/mol. The van der Waals surface area contributed by atoms with Crippen molar-refractivity contribution in [2.75, 3.05) is 19.5 Å². The first kappa shape index (κ1) is 23.6. The molecule has 0 bridgehead atoms. The molecule has 1 saturated heterocycles. The number of hydrogen-bond acceptors (Lipinski definition) is 10. The lowest BCUT2D eigenvalue weighted by Crippen LogP contribution is -2.41. The normalized spacial score (nSPS) is 21.4. The molecule has 12 heteroatoms. The number of anilines is 1. The molecule has 1 fully saturated rings. The lowest BCUT2D eigenvalue weighted by Gasteiger charge is -2.17. The van der Waals surface area contributed by atoms with Gasteiger partial charge in [-0.15, -0.1) is 0 Å². The fourth-order valence-corrected chi connectivity index (χ4v) is 4.04. The van der Waals surface area contributed by atoms with E-state index in [0.717, 1.165) is 5.56 Å². The molecule has 0 saturated carbocycles. The van der Waals surface area contributed by atoms with Crippen molar-refractivity contribution in [3.8, 4) is 17.1 Å². The Kier molecular flexibility index (Phi) is 6.46. The van der Waals surface area contributed by atoms with E-state index >= 15 is 0 Å². The first-order chi connectivity index (χ1) is 17.5. The number of aliphatic hydroxyl groups excluding tert-OH is 2. The van der Waals surface area contributed by atoms with E-state index in [2.05, 4.69) is 30.6 Å². The Hall–Kier alpha value is -4.13. The Bertz CT molecular complexity index is 1380. The fourth-order valence-electron chi connectivity index (χ4n) is 4.04. The van der Waals surface area contributed by atoms with Crippen LogP contribution in [0.4, 0.5) is 5.82 Å². The third-order valence-corrected chi connectivity index (χ3v) is 5.95. The van der Waals surface area contributed by atoms with Gasteiger partial charge in [0.2, 0.25) is 0 Å². The minimum atomic E-state index is -1.42. The second-order valence-electron chi connectivity index (χ2n) is 8.22. The molecule has 1 aliphatic rings. The number of imidazole rings is 1. The van der Waals surface area contributed by atoms with Crippen molar-refractivity contribution >= 4 is 22.9 Å². The van der Waals surface area contributed by atoms with Crippen LogP contribution in [0.3, 0.4) is 0 Å². The molecule has 4 N–H and O–H groups in total. The van der Waals surface area contributed by atoms with Crippen molar-refractivity contribution in [3.05, 3.63) is 60.7 Å². The highest BCUT2D eigenvalue weighted by Crippen LogP contribution is 2.34. The van der Waals surface area contributed by atoms with Crippen LogP contribution in [-0.2, 0) is 16.1 Å². The van der Waals surface area contributed by atoms with Crippen LogP contribution in [0.2, 0.25) is 0 Å². The third kappa shape index (κ3) is 4.33. The number of aliphatic hydroxyl groups is 2. The van der Waals surface area contributed by atoms with Gasteiger partial charge in [0.05, 0.1) is 19.6 Å². The number of hydrogen-bond donors (Lipinski definition) is 4. The number of benzene rings is 1. The number of likely N-dealkylation sites (N-methyl/N-ethyl adjacent to an activating group) is 1. The van der Waals surface area contributed by atoms with Crippen LogP contribution in [0.25, 0.3) is 22.6 Å². The van der Waals surface area contributed by atoms with Gasteiger partial charge in [0.25, 0.3) is 5.91 Å². The quantitative estimate of drug-likeness (QED) is 0.292. The number of pyridine rings is 1. The lowest BCUT2D eigenvalue weighted by atomic mass is 10.1. The molecular weight excluding hydrogens is 466 g/mol. The number of methoxy groups -OCH3 is 1. The lowest BCUT2D eigenvalue weighted by molar-refractivity contribution is -0.137. The van der Waals surface area contributed by atoms with Gasteiger partial charge < -0.3 is 30.3 Å². The Morgan fingerprint density at radius 3 is 2.72 bits per heavy atom. The van der Waals surface area contributed by atoms with Crippen molar-refractivity contribution < 1.29 is 24.5 Å². The summed E-state index contributed by atoms with van der Waals surface area (Å²) in [5, 5.41) is 26.8. The summed E-state index contributed by atoms with van der Waals surface area (Å²) in [6.45, 7) is 0.482. The van der Waals surface area contributed by atoms with Crippen molar-refractivity contribution in [2.24, 2.45) is 0 Å². The second kappa shape index (κ2) is 9.85. The topological polar surface area (TPSA) is 157 Å². The minimum Gasteiger partial charge on any atom is -0.495 e. The number of amides is 1. The van der Waals surface area contributed by atoms with Gasteiger partial charge in [0.15, 0.2) is 35.1 Å². The van der Waals surface area contributed by atoms with Gasteiger partial charge in [-0.25, -0.2) is 15.0 Å². The summed E-state index contributed by atoms with van der Waals surface area (Å²) in [6, 6.07) is 11.6. The number of carbonyl (C=O) groups is 1. The molecule has 36 heavy (non-hydrogen) atoms. The second-order valence-corrected chi connectivity index (χ2v) is 8.22. The van der Waals surface area contributed by atoms with E-state index in [1.165, 1.54) is 17.9 Å². The van der Waals surface area contributed by atoms with Gasteiger partial charge in [0, 0.05) is 25.4 Å². The van der Waals surface area contributed by atoms with Gasteiger partial charge in [0.1, 0.15) is 18.0 Å². The molecule has 5 rings (SSSR count). The number of nitrogens with one attached hydrogen (secondary N) is 2. The van der Waals surface area contributed by atoms with Gasteiger partial charge in [-0.3, -0.25) is 14.3 Å². The predicted octanol–water partition coefficient (Wildman–Crippen LogP) is 0.874. The number of rotatable bonds is 7. The Labute approximate surface area is 206 Å². The van der Waals surface area contributed by atoms with E-state index in [-0.39, 0.29) is 0 Å². The molecule has 3 unspecified atom stereocenters. The third-order valence-electron chi connectivity index (χ3n) is 5.95. The summed E-state index contributed by atoms with van der Waals surface area (Å²) < 4.78 is 12.5. The molecule has 0 spiro atoms. The van der Waals surface area contributed by atoms with Gasteiger partial charge in [-0.2, -0.15) is 0 Å². The van der Waals surface area contributed by atoms with Crippen LogP contribution in [0.5, 0.6) is 5.75 Å². The summed E-state index contributed by atoms with van der Waals surface area (Å²) in [5.41, 5.74) is 2.41. The summed E-state index contributed by atoms with van der Waals surface area (Å²) in [4.78, 5) is 30.1. The fraction of sp³-hybridized carbons (Fsp3) is 0.292. The zero-order valence-corrected chi connectivity index (χ0v) is 19.6. The van der Waals surface area contributed by atoms with Crippen LogP contribution in [0, 0.1) is 0 Å². The van der Waals surface area contributed by atoms with E-state index in [1.807, 2.05) is 30.3 Å². The first-order valence-electron chi connectivity index (χ1n) is 11.2. The number of aromatic nitrogens is 5. The summed E-state index contributed by atoms with van der Waals surface area (Å²) in [5.74, 6) is 0.782. The van der Waals surface area contributed by atoms with Crippen molar-refractivity contribution in [3.63, 3.8) is 0 Å². The van der Waals surface area contributed by atoms with Gasteiger partial charge in [-0.1, -0.05) is 30.3 Å². The molecule has 1 amide bonds. The SMILES string of the molecule is CNC(=O)[C@@H]1OC(n2cnc3c(NCc4ccccc4)nc(-c4cncc(OC)c4)nc32)C(O)C1O. The highest BCUT2D eigenvalue weighted by molar-refractivity contribution is 5.85. The molecule has 0 radical (unpaired) electrons. The Balaban J connectivity index is 1.59. The predicted molar refractivity (Wildman–Crippen MR) is 129 cm³/mol. The van der Waals surface area contributed by atoms with E-state index in [0.29, 0.717) is 40.7 Å². The molecule has 3 aromatic heterocycles. The average Bonchev–Trinajstić information content (AvgIpc) is 3.48. The van der Waals surface area contributed by atoms with Crippen LogP contribution < -0.4 is 15.4 Å². The molecular formula is C24H25N7O5.